The number of benzene rings is 1. The van der Waals surface area contributed by atoms with E-state index in [2.05, 4.69) is 10.1 Å². The quantitative estimate of drug-likeness (QED) is 0.829. The van der Waals surface area contributed by atoms with E-state index in [1.165, 1.54) is 19.2 Å². The summed E-state index contributed by atoms with van der Waals surface area (Å²) in [7, 11) is 1.28. The Morgan fingerprint density at radius 1 is 1.41 bits per heavy atom. The first-order valence-electron chi connectivity index (χ1n) is 5.72. The van der Waals surface area contributed by atoms with Crippen LogP contribution in [0.1, 0.15) is 31.0 Å². The summed E-state index contributed by atoms with van der Waals surface area (Å²) < 4.78 is 31.8. The summed E-state index contributed by atoms with van der Waals surface area (Å²) in [6, 6.07) is 6.54. The van der Waals surface area contributed by atoms with Gasteiger partial charge in [-0.15, -0.1) is 0 Å². The number of methoxy groups -OCH3 is 1. The molecule has 0 radical (unpaired) electrons. The summed E-state index contributed by atoms with van der Waals surface area (Å²) in [6.45, 7) is 4.16. The van der Waals surface area contributed by atoms with Gasteiger partial charge in [-0.2, -0.15) is 8.78 Å². The lowest BCUT2D eigenvalue weighted by Crippen LogP contribution is -2.22. The zero-order valence-electron chi connectivity index (χ0n) is 10.5. The largest absolute Gasteiger partial charge is 0.378 e. The Bertz CT molecular complexity index is 355. The van der Waals surface area contributed by atoms with Crippen LogP contribution >= 0.6 is 0 Å². The fourth-order valence-corrected chi connectivity index (χ4v) is 1.72. The topological polar surface area (TPSA) is 21.3 Å². The predicted octanol–water partition coefficient (Wildman–Crippen LogP) is 3.10. The number of ether oxygens (including phenoxy) is 1. The predicted molar refractivity (Wildman–Crippen MR) is 64.3 cm³/mol. The Balaban J connectivity index is 2.92. The highest BCUT2D eigenvalue weighted by Gasteiger charge is 2.31. The van der Waals surface area contributed by atoms with Crippen molar-refractivity contribution in [1.29, 1.82) is 0 Å². The van der Waals surface area contributed by atoms with Crippen LogP contribution in [-0.2, 0) is 10.7 Å². The summed E-state index contributed by atoms with van der Waals surface area (Å²) in [5.41, 5.74) is 0.863. The van der Waals surface area contributed by atoms with Crippen molar-refractivity contribution in [2.24, 2.45) is 0 Å². The molecule has 2 nitrogen and oxygen atoms in total. The molecule has 0 bridgehead atoms. The maximum Gasteiger partial charge on any atom is 0.296 e. The molecule has 17 heavy (non-hydrogen) atoms. The van der Waals surface area contributed by atoms with Crippen LogP contribution in [0.3, 0.4) is 0 Å². The van der Waals surface area contributed by atoms with E-state index in [1.807, 2.05) is 19.9 Å². The Kier molecular flexibility index (Phi) is 5.02. The van der Waals surface area contributed by atoms with Crippen LogP contribution in [0.5, 0.6) is 0 Å². The average Bonchev–Trinajstić information content (AvgIpc) is 2.29. The van der Waals surface area contributed by atoms with Crippen molar-refractivity contribution in [2.45, 2.75) is 25.8 Å². The lowest BCUT2D eigenvalue weighted by atomic mass is 10.0. The minimum atomic E-state index is -2.93. The lowest BCUT2D eigenvalue weighted by molar-refractivity contribution is -0.0698. The van der Waals surface area contributed by atoms with Gasteiger partial charge in [0.15, 0.2) is 0 Å². The van der Waals surface area contributed by atoms with Gasteiger partial charge in [-0.05, 0) is 25.1 Å². The summed E-state index contributed by atoms with van der Waals surface area (Å²) in [5, 5.41) is 3.20. The smallest absolute Gasteiger partial charge is 0.296 e. The Morgan fingerprint density at radius 3 is 2.71 bits per heavy atom. The fourth-order valence-electron chi connectivity index (χ4n) is 1.72. The van der Waals surface area contributed by atoms with E-state index in [0.717, 1.165) is 12.1 Å². The number of rotatable bonds is 6. The minimum absolute atomic E-state index is 0.00148. The average molecular weight is 243 g/mol. The third-order valence-corrected chi connectivity index (χ3v) is 2.64. The maximum atomic E-state index is 13.6. The highest BCUT2D eigenvalue weighted by Crippen LogP contribution is 2.29. The molecule has 0 saturated heterocycles. The molecule has 0 aliphatic rings. The van der Waals surface area contributed by atoms with Gasteiger partial charge in [0.05, 0.1) is 0 Å². The van der Waals surface area contributed by atoms with Crippen molar-refractivity contribution in [3.63, 3.8) is 0 Å². The Hall–Kier alpha value is -1.00. The molecule has 1 N–H and O–H groups in total. The molecule has 96 valence electrons. The van der Waals surface area contributed by atoms with Gasteiger partial charge >= 0.3 is 0 Å². The van der Waals surface area contributed by atoms with E-state index in [1.54, 1.807) is 6.07 Å². The van der Waals surface area contributed by atoms with Gasteiger partial charge in [-0.25, -0.2) is 0 Å². The molecule has 0 aliphatic carbocycles. The standard InChI is InChI=1S/C13H19F2NO/c1-4-16-10(2)11-6-5-7-12(8-11)13(14,15)9-17-3/h5-8,10,16H,4,9H2,1-3H3/t10-/m1/s1. The van der Waals surface area contributed by atoms with Crippen LogP contribution in [0.4, 0.5) is 8.78 Å². The third-order valence-electron chi connectivity index (χ3n) is 2.64. The second kappa shape index (κ2) is 6.07. The van der Waals surface area contributed by atoms with Crippen LogP contribution in [0.25, 0.3) is 0 Å². The molecule has 0 fully saturated rings. The van der Waals surface area contributed by atoms with E-state index in [9.17, 15) is 8.78 Å². The molecule has 0 aliphatic heterocycles. The van der Waals surface area contributed by atoms with Crippen molar-refractivity contribution >= 4 is 0 Å². The Morgan fingerprint density at radius 2 is 2.12 bits per heavy atom. The monoisotopic (exact) mass is 243 g/mol. The van der Waals surface area contributed by atoms with Crippen LogP contribution < -0.4 is 5.32 Å². The van der Waals surface area contributed by atoms with E-state index in [0.29, 0.717) is 0 Å². The molecule has 1 atom stereocenters. The molecule has 1 aromatic carbocycles. The SMILES string of the molecule is CCN[C@H](C)c1cccc(C(F)(F)COC)c1. The molecule has 0 aromatic heterocycles. The molecule has 4 heteroatoms. The number of halogens is 2. The van der Waals surface area contributed by atoms with Crippen LogP contribution in [0, 0.1) is 0 Å². The third kappa shape index (κ3) is 3.75. The van der Waals surface area contributed by atoms with Gasteiger partial charge in [0, 0.05) is 18.7 Å². The maximum absolute atomic E-state index is 13.6. The molecular formula is C13H19F2NO. The highest BCUT2D eigenvalue weighted by molar-refractivity contribution is 5.28. The first-order valence-corrected chi connectivity index (χ1v) is 5.72. The number of nitrogens with one attached hydrogen (secondary N) is 1. The van der Waals surface area contributed by atoms with Crippen molar-refractivity contribution in [3.05, 3.63) is 35.4 Å². The van der Waals surface area contributed by atoms with Gasteiger partial charge in [-0.1, -0.05) is 25.1 Å². The van der Waals surface area contributed by atoms with E-state index in [-0.39, 0.29) is 11.6 Å². The lowest BCUT2D eigenvalue weighted by Gasteiger charge is -2.18. The highest BCUT2D eigenvalue weighted by atomic mass is 19.3. The van der Waals surface area contributed by atoms with Crippen LogP contribution in [0.15, 0.2) is 24.3 Å². The minimum Gasteiger partial charge on any atom is -0.378 e. The molecule has 0 unspecified atom stereocenters. The van der Waals surface area contributed by atoms with Crippen molar-refractivity contribution in [2.75, 3.05) is 20.3 Å². The number of hydrogen-bond acceptors (Lipinski definition) is 2. The molecule has 0 amide bonds. The van der Waals surface area contributed by atoms with Crippen molar-refractivity contribution < 1.29 is 13.5 Å². The molecule has 0 heterocycles. The van der Waals surface area contributed by atoms with Gasteiger partial charge in [-0.3, -0.25) is 0 Å². The fraction of sp³-hybridized carbons (Fsp3) is 0.538. The van der Waals surface area contributed by atoms with Crippen molar-refractivity contribution in [3.8, 4) is 0 Å². The van der Waals surface area contributed by atoms with E-state index < -0.39 is 12.5 Å². The first-order chi connectivity index (χ1) is 8.01. The second-order valence-electron chi connectivity index (χ2n) is 4.04. The zero-order chi connectivity index (χ0) is 12.9. The summed E-state index contributed by atoms with van der Waals surface area (Å²) in [5.74, 6) is -2.93. The molecule has 1 rings (SSSR count). The van der Waals surface area contributed by atoms with E-state index >= 15 is 0 Å². The summed E-state index contributed by atoms with van der Waals surface area (Å²) in [4.78, 5) is 0. The van der Waals surface area contributed by atoms with Crippen molar-refractivity contribution in [1.82, 2.24) is 5.32 Å². The number of hydrogen-bond donors (Lipinski definition) is 1. The van der Waals surface area contributed by atoms with Gasteiger partial charge in [0.1, 0.15) is 6.61 Å². The molecule has 1 aromatic rings. The molecule has 0 saturated carbocycles. The number of alkyl halides is 2. The second-order valence-corrected chi connectivity index (χ2v) is 4.04. The van der Waals surface area contributed by atoms with Crippen LogP contribution in [-0.4, -0.2) is 20.3 Å². The Labute approximate surface area is 101 Å². The normalized spacial score (nSPS) is 13.7. The van der Waals surface area contributed by atoms with Gasteiger partial charge < -0.3 is 10.1 Å². The van der Waals surface area contributed by atoms with Gasteiger partial charge in [0.2, 0.25) is 0 Å². The first kappa shape index (κ1) is 14.1. The zero-order valence-corrected chi connectivity index (χ0v) is 10.5. The molecule has 0 spiro atoms. The van der Waals surface area contributed by atoms with Gasteiger partial charge in [0.25, 0.3) is 5.92 Å². The summed E-state index contributed by atoms with van der Waals surface area (Å²) >= 11 is 0. The summed E-state index contributed by atoms with van der Waals surface area (Å²) in [6.07, 6.45) is 0. The molecular weight excluding hydrogens is 224 g/mol. The van der Waals surface area contributed by atoms with E-state index in [4.69, 9.17) is 0 Å². The van der Waals surface area contributed by atoms with Crippen LogP contribution in [0.2, 0.25) is 0 Å².